The average Bonchev–Trinajstić information content (AvgIpc) is 3.05. The van der Waals surface area contributed by atoms with Crippen LogP contribution in [-0.2, 0) is 5.41 Å². The molecule has 0 aliphatic heterocycles. The Kier molecular flexibility index (Phi) is 5.26. The largest absolute Gasteiger partial charge is 0.496 e. The molecule has 0 unspecified atom stereocenters. The molecular formula is C24H26O4S. The minimum Gasteiger partial charge on any atom is -0.496 e. The van der Waals surface area contributed by atoms with Crippen molar-refractivity contribution in [2.75, 3.05) is 7.11 Å². The highest BCUT2D eigenvalue weighted by Crippen LogP contribution is 2.44. The van der Waals surface area contributed by atoms with Gasteiger partial charge in [-0.2, -0.15) is 0 Å². The summed E-state index contributed by atoms with van der Waals surface area (Å²) in [5.74, 6) is 0.768. The summed E-state index contributed by atoms with van der Waals surface area (Å²) in [6.45, 7) is 4.29. The van der Waals surface area contributed by atoms with Gasteiger partial charge in [0.05, 0.1) is 7.11 Å². The molecular weight excluding hydrogens is 384 g/mol. The number of ether oxygens (including phenoxy) is 2. The maximum atomic E-state index is 11.8. The number of rotatable bonds is 5. The Hall–Kier alpha value is -2.53. The summed E-state index contributed by atoms with van der Waals surface area (Å²) in [6, 6.07) is 12.0. The Labute approximate surface area is 175 Å². The van der Waals surface area contributed by atoms with Gasteiger partial charge in [0.25, 0.3) is 0 Å². The molecule has 4 rings (SSSR count). The van der Waals surface area contributed by atoms with Gasteiger partial charge in [-0.15, -0.1) is 11.3 Å². The van der Waals surface area contributed by atoms with E-state index in [9.17, 15) is 9.90 Å². The number of aryl methyl sites for hydroxylation is 1. The zero-order valence-electron chi connectivity index (χ0n) is 17.1. The fourth-order valence-corrected chi connectivity index (χ4v) is 5.38. The fourth-order valence-electron chi connectivity index (χ4n) is 4.33. The number of fused-ring (bicyclic) bond motifs is 1. The van der Waals surface area contributed by atoms with Gasteiger partial charge in [0.1, 0.15) is 11.5 Å². The van der Waals surface area contributed by atoms with Gasteiger partial charge < -0.3 is 14.6 Å². The van der Waals surface area contributed by atoms with Crippen LogP contribution in [0, 0.1) is 6.92 Å². The predicted octanol–water partition coefficient (Wildman–Crippen LogP) is 6.93. The van der Waals surface area contributed by atoms with Gasteiger partial charge >= 0.3 is 5.97 Å². The summed E-state index contributed by atoms with van der Waals surface area (Å²) in [6.07, 6.45) is 6.30. The van der Waals surface area contributed by atoms with Crippen molar-refractivity contribution in [3.05, 3.63) is 52.4 Å². The number of carboxylic acids is 1. The maximum Gasteiger partial charge on any atom is 0.349 e. The maximum absolute atomic E-state index is 11.8. The van der Waals surface area contributed by atoms with E-state index in [0.29, 0.717) is 11.5 Å². The zero-order valence-corrected chi connectivity index (χ0v) is 17.9. The van der Waals surface area contributed by atoms with Crippen LogP contribution in [0.4, 0.5) is 0 Å². The number of carboxylic acid groups (broad SMARTS) is 1. The van der Waals surface area contributed by atoms with Crippen LogP contribution >= 0.6 is 11.3 Å². The summed E-state index contributed by atoms with van der Waals surface area (Å²) in [5.41, 5.74) is 2.52. The molecule has 4 nitrogen and oxygen atoms in total. The molecule has 5 heteroatoms. The molecule has 0 atom stereocenters. The van der Waals surface area contributed by atoms with Crippen molar-refractivity contribution in [3.63, 3.8) is 0 Å². The number of hydrogen-bond donors (Lipinski definition) is 1. The van der Waals surface area contributed by atoms with E-state index in [-0.39, 0.29) is 10.3 Å². The molecule has 3 aromatic rings. The Morgan fingerprint density at radius 3 is 2.41 bits per heavy atom. The number of aromatic carboxylic acids is 1. The first-order chi connectivity index (χ1) is 13.9. The standard InChI is InChI=1S/C24H26O4S/c1-15-13-20-18(14-19(15)27-3)21(22(29-20)23(25)26)28-17-9-7-16(8-10-17)24(2)11-5-4-6-12-24/h7-10,13-14H,4-6,11-12H2,1-3H3,(H,25,26). The SMILES string of the molecule is COc1cc2c(Oc3ccc(C4(C)CCCCC4)cc3)c(C(=O)O)sc2cc1C. The summed E-state index contributed by atoms with van der Waals surface area (Å²) in [4.78, 5) is 12.0. The van der Waals surface area contributed by atoms with Crippen LogP contribution in [-0.4, -0.2) is 18.2 Å². The first-order valence-corrected chi connectivity index (χ1v) is 10.9. The average molecular weight is 411 g/mol. The van der Waals surface area contributed by atoms with Gasteiger partial charge in [-0.1, -0.05) is 38.3 Å². The molecule has 152 valence electrons. The van der Waals surface area contributed by atoms with Crippen molar-refractivity contribution >= 4 is 27.4 Å². The summed E-state index contributed by atoms with van der Waals surface area (Å²) in [5, 5.41) is 10.5. The first-order valence-electron chi connectivity index (χ1n) is 10.0. The highest BCUT2D eigenvalue weighted by molar-refractivity contribution is 7.21. The summed E-state index contributed by atoms with van der Waals surface area (Å²) >= 11 is 1.23. The Balaban J connectivity index is 1.70. The summed E-state index contributed by atoms with van der Waals surface area (Å²) < 4.78 is 12.4. The smallest absolute Gasteiger partial charge is 0.349 e. The van der Waals surface area contributed by atoms with Gasteiger partial charge in [0, 0.05) is 10.1 Å². The topological polar surface area (TPSA) is 55.8 Å². The molecule has 0 spiro atoms. The van der Waals surface area contributed by atoms with Gasteiger partial charge in [-0.05, 0) is 60.6 Å². The van der Waals surface area contributed by atoms with Crippen molar-refractivity contribution in [1.29, 1.82) is 0 Å². The first kappa shape index (κ1) is 19.8. The molecule has 29 heavy (non-hydrogen) atoms. The van der Waals surface area contributed by atoms with E-state index in [0.717, 1.165) is 21.4 Å². The number of carbonyl (C=O) groups is 1. The predicted molar refractivity (Wildman–Crippen MR) is 117 cm³/mol. The van der Waals surface area contributed by atoms with Crippen LogP contribution in [0.15, 0.2) is 36.4 Å². The number of benzene rings is 2. The van der Waals surface area contributed by atoms with Gasteiger partial charge in [-0.25, -0.2) is 4.79 Å². The number of hydrogen-bond acceptors (Lipinski definition) is 4. The number of methoxy groups -OCH3 is 1. The van der Waals surface area contributed by atoms with Gasteiger partial charge in [0.15, 0.2) is 10.6 Å². The third-order valence-corrected chi connectivity index (χ3v) is 7.20. The van der Waals surface area contributed by atoms with Crippen LogP contribution in [0.2, 0.25) is 0 Å². The minimum absolute atomic E-state index is 0.205. The van der Waals surface area contributed by atoms with Crippen molar-refractivity contribution in [1.82, 2.24) is 0 Å². The van der Waals surface area contributed by atoms with Crippen molar-refractivity contribution < 1.29 is 19.4 Å². The second kappa shape index (κ2) is 7.71. The molecule has 1 heterocycles. The van der Waals surface area contributed by atoms with E-state index in [1.165, 1.54) is 49.0 Å². The van der Waals surface area contributed by atoms with E-state index >= 15 is 0 Å². The molecule has 0 bridgehead atoms. The third kappa shape index (κ3) is 3.71. The highest BCUT2D eigenvalue weighted by Gasteiger charge is 2.28. The van der Waals surface area contributed by atoms with Gasteiger partial charge in [-0.3, -0.25) is 0 Å². The van der Waals surface area contributed by atoms with Crippen LogP contribution in [0.3, 0.4) is 0 Å². The molecule has 0 amide bonds. The lowest BCUT2D eigenvalue weighted by Gasteiger charge is -2.34. The van der Waals surface area contributed by atoms with E-state index in [1.54, 1.807) is 7.11 Å². The highest BCUT2D eigenvalue weighted by atomic mass is 32.1. The monoisotopic (exact) mass is 410 g/mol. The molecule has 1 saturated carbocycles. The molecule has 1 N–H and O–H groups in total. The molecule has 0 saturated heterocycles. The second-order valence-corrected chi connectivity index (χ2v) is 9.18. The summed E-state index contributed by atoms with van der Waals surface area (Å²) in [7, 11) is 1.61. The lowest BCUT2D eigenvalue weighted by atomic mass is 9.71. The second-order valence-electron chi connectivity index (χ2n) is 8.13. The number of thiophene rings is 1. The fraction of sp³-hybridized carbons (Fsp3) is 0.375. The Bertz CT molecular complexity index is 1040. The molecule has 0 radical (unpaired) electrons. The van der Waals surface area contributed by atoms with Crippen LogP contribution in [0.5, 0.6) is 17.2 Å². The third-order valence-electron chi connectivity index (χ3n) is 6.08. The Morgan fingerprint density at radius 1 is 1.10 bits per heavy atom. The zero-order chi connectivity index (χ0) is 20.6. The minimum atomic E-state index is -0.982. The normalized spacial score (nSPS) is 16.0. The van der Waals surface area contributed by atoms with Gasteiger partial charge in [0.2, 0.25) is 0 Å². The van der Waals surface area contributed by atoms with E-state index in [1.807, 2.05) is 31.2 Å². The molecule has 2 aromatic carbocycles. The molecule has 1 fully saturated rings. The van der Waals surface area contributed by atoms with Crippen molar-refractivity contribution in [2.45, 2.75) is 51.4 Å². The lowest BCUT2D eigenvalue weighted by Crippen LogP contribution is -2.24. The van der Waals surface area contributed by atoms with Crippen LogP contribution in [0.25, 0.3) is 10.1 Å². The molecule has 1 aromatic heterocycles. The lowest BCUT2D eigenvalue weighted by molar-refractivity contribution is 0.0700. The Morgan fingerprint density at radius 2 is 1.79 bits per heavy atom. The van der Waals surface area contributed by atoms with Crippen LogP contribution in [0.1, 0.15) is 59.8 Å². The van der Waals surface area contributed by atoms with Crippen molar-refractivity contribution in [2.24, 2.45) is 0 Å². The van der Waals surface area contributed by atoms with Crippen molar-refractivity contribution in [3.8, 4) is 17.2 Å². The van der Waals surface area contributed by atoms with E-state index < -0.39 is 5.97 Å². The van der Waals surface area contributed by atoms with E-state index in [2.05, 4.69) is 19.1 Å². The van der Waals surface area contributed by atoms with E-state index in [4.69, 9.17) is 9.47 Å². The quantitative estimate of drug-likeness (QED) is 0.495. The molecule has 1 aliphatic rings. The molecule has 1 aliphatic carbocycles. The van der Waals surface area contributed by atoms with Crippen LogP contribution < -0.4 is 9.47 Å².